The number of thiazole rings is 1. The zero-order valence-corrected chi connectivity index (χ0v) is 16.6. The number of likely N-dealkylation sites (tertiary alicyclic amines) is 1. The first-order valence-electron chi connectivity index (χ1n) is 9.67. The number of amides is 1. The Morgan fingerprint density at radius 3 is 2.71 bits per heavy atom. The van der Waals surface area contributed by atoms with E-state index in [1.807, 2.05) is 23.6 Å². The van der Waals surface area contributed by atoms with Crippen molar-refractivity contribution in [3.8, 4) is 10.6 Å². The first kappa shape index (κ1) is 18.8. The van der Waals surface area contributed by atoms with E-state index in [9.17, 15) is 4.79 Å². The number of hydrogen-bond acceptors (Lipinski definition) is 5. The van der Waals surface area contributed by atoms with Crippen LogP contribution in [0.5, 0.6) is 0 Å². The van der Waals surface area contributed by atoms with Gasteiger partial charge >= 0.3 is 0 Å². The Morgan fingerprint density at radius 1 is 1.14 bits per heavy atom. The number of nitrogens with one attached hydrogen (secondary N) is 1. The van der Waals surface area contributed by atoms with Crippen LogP contribution in [0.2, 0.25) is 0 Å². The number of piperidine rings is 1. The molecule has 0 bridgehead atoms. The van der Waals surface area contributed by atoms with Crippen molar-refractivity contribution < 1.29 is 4.79 Å². The highest BCUT2D eigenvalue weighted by atomic mass is 32.1. The number of aromatic nitrogens is 2. The lowest BCUT2D eigenvalue weighted by atomic mass is 10.0. The molecule has 3 heterocycles. The molecule has 6 heteroatoms. The van der Waals surface area contributed by atoms with E-state index in [4.69, 9.17) is 0 Å². The molecule has 0 radical (unpaired) electrons. The summed E-state index contributed by atoms with van der Waals surface area (Å²) >= 11 is 1.55. The van der Waals surface area contributed by atoms with Gasteiger partial charge in [-0.25, -0.2) is 4.98 Å². The zero-order valence-electron chi connectivity index (χ0n) is 15.8. The van der Waals surface area contributed by atoms with Gasteiger partial charge in [-0.2, -0.15) is 0 Å². The maximum Gasteiger partial charge on any atom is 0.226 e. The topological polar surface area (TPSA) is 58.1 Å². The van der Waals surface area contributed by atoms with Gasteiger partial charge in [0.15, 0.2) is 0 Å². The number of rotatable bonds is 6. The molecule has 0 aliphatic carbocycles. The first-order valence-corrected chi connectivity index (χ1v) is 10.5. The Hall–Kier alpha value is -2.57. The smallest absolute Gasteiger partial charge is 0.226 e. The number of pyridine rings is 1. The normalized spacial score (nSPS) is 15.4. The molecule has 144 valence electrons. The average molecular weight is 393 g/mol. The summed E-state index contributed by atoms with van der Waals surface area (Å²) in [4.78, 5) is 23.6. The fraction of sp³-hybridized carbons (Fsp3) is 0.318. The van der Waals surface area contributed by atoms with Crippen molar-refractivity contribution in [3.05, 3.63) is 71.5 Å². The van der Waals surface area contributed by atoms with Gasteiger partial charge in [-0.1, -0.05) is 30.3 Å². The van der Waals surface area contributed by atoms with E-state index in [0.29, 0.717) is 6.42 Å². The molecule has 0 atom stereocenters. The number of benzene rings is 1. The third-order valence-electron chi connectivity index (χ3n) is 5.00. The maximum absolute atomic E-state index is 12.4. The van der Waals surface area contributed by atoms with E-state index in [1.165, 1.54) is 5.56 Å². The monoisotopic (exact) mass is 392 g/mol. The second kappa shape index (κ2) is 9.08. The van der Waals surface area contributed by atoms with Crippen LogP contribution in [0.15, 0.2) is 60.2 Å². The van der Waals surface area contributed by atoms with E-state index >= 15 is 0 Å². The van der Waals surface area contributed by atoms with E-state index in [-0.39, 0.29) is 11.9 Å². The molecular formula is C22H24N4OS. The molecule has 5 nitrogen and oxygen atoms in total. The molecular weight excluding hydrogens is 368 g/mol. The van der Waals surface area contributed by atoms with Gasteiger partial charge in [0.05, 0.1) is 12.1 Å². The molecule has 4 rings (SSSR count). The summed E-state index contributed by atoms with van der Waals surface area (Å²) in [6.07, 6.45) is 5.87. The lowest BCUT2D eigenvalue weighted by molar-refractivity contribution is -0.121. The van der Waals surface area contributed by atoms with Crippen LogP contribution in [0.1, 0.15) is 24.1 Å². The van der Waals surface area contributed by atoms with Crippen LogP contribution < -0.4 is 5.32 Å². The standard InChI is InChI=1S/C22H24N4OS/c27-21(13-20-16-28-22(25-20)18-7-4-10-23-14-18)24-19-8-11-26(12-9-19)15-17-5-2-1-3-6-17/h1-7,10,14,16,19H,8-9,11-13,15H2,(H,24,27). The Kier molecular flexibility index (Phi) is 6.09. The fourth-order valence-electron chi connectivity index (χ4n) is 3.53. The summed E-state index contributed by atoms with van der Waals surface area (Å²) in [5, 5.41) is 6.06. The third kappa shape index (κ3) is 5.03. The third-order valence-corrected chi connectivity index (χ3v) is 5.94. The minimum absolute atomic E-state index is 0.0598. The number of carbonyl (C=O) groups is 1. The van der Waals surface area contributed by atoms with E-state index < -0.39 is 0 Å². The summed E-state index contributed by atoms with van der Waals surface area (Å²) in [5.74, 6) is 0.0598. The summed E-state index contributed by atoms with van der Waals surface area (Å²) in [5.41, 5.74) is 3.16. The second-order valence-corrected chi connectivity index (χ2v) is 8.02. The van der Waals surface area contributed by atoms with Crippen molar-refractivity contribution in [1.29, 1.82) is 0 Å². The van der Waals surface area contributed by atoms with Crippen LogP contribution in [0.3, 0.4) is 0 Å². The summed E-state index contributed by atoms with van der Waals surface area (Å²) in [7, 11) is 0. The fourth-order valence-corrected chi connectivity index (χ4v) is 4.34. The average Bonchev–Trinajstić information content (AvgIpc) is 3.19. The molecule has 1 fully saturated rings. The van der Waals surface area contributed by atoms with Crippen LogP contribution in [0, 0.1) is 0 Å². The predicted molar refractivity (Wildman–Crippen MR) is 112 cm³/mol. The van der Waals surface area contributed by atoms with Crippen molar-refractivity contribution in [1.82, 2.24) is 20.2 Å². The predicted octanol–water partition coefficient (Wildman–Crippen LogP) is 3.53. The molecule has 28 heavy (non-hydrogen) atoms. The summed E-state index contributed by atoms with van der Waals surface area (Å²) in [6, 6.07) is 14.7. The van der Waals surface area contributed by atoms with Crippen molar-refractivity contribution in [2.75, 3.05) is 13.1 Å². The Labute approximate surface area is 169 Å². The number of nitrogens with zero attached hydrogens (tertiary/aromatic N) is 3. The lowest BCUT2D eigenvalue weighted by Crippen LogP contribution is -2.44. The van der Waals surface area contributed by atoms with Crippen molar-refractivity contribution in [2.24, 2.45) is 0 Å². The molecule has 0 spiro atoms. The quantitative estimate of drug-likeness (QED) is 0.697. The van der Waals surface area contributed by atoms with Gasteiger partial charge in [0.25, 0.3) is 0 Å². The van der Waals surface area contributed by atoms with Crippen molar-refractivity contribution in [2.45, 2.75) is 31.8 Å². The molecule has 1 amide bonds. The van der Waals surface area contributed by atoms with Gasteiger partial charge in [0.1, 0.15) is 5.01 Å². The SMILES string of the molecule is O=C(Cc1csc(-c2cccnc2)n1)NC1CCN(Cc2ccccc2)CC1. The minimum Gasteiger partial charge on any atom is -0.353 e. The van der Waals surface area contributed by atoms with E-state index in [0.717, 1.165) is 48.7 Å². The molecule has 1 aliphatic heterocycles. The zero-order chi connectivity index (χ0) is 19.2. The Morgan fingerprint density at radius 2 is 1.96 bits per heavy atom. The van der Waals surface area contributed by atoms with Gasteiger partial charge in [-0.05, 0) is 30.5 Å². The first-order chi connectivity index (χ1) is 13.8. The van der Waals surface area contributed by atoms with Gasteiger partial charge in [-0.15, -0.1) is 11.3 Å². The van der Waals surface area contributed by atoms with E-state index in [2.05, 4.69) is 44.5 Å². The highest BCUT2D eigenvalue weighted by Crippen LogP contribution is 2.23. The van der Waals surface area contributed by atoms with Crippen LogP contribution in [-0.2, 0) is 17.8 Å². The summed E-state index contributed by atoms with van der Waals surface area (Å²) < 4.78 is 0. The molecule has 1 saturated heterocycles. The Bertz CT molecular complexity index is 889. The highest BCUT2D eigenvalue weighted by molar-refractivity contribution is 7.13. The van der Waals surface area contributed by atoms with Crippen molar-refractivity contribution in [3.63, 3.8) is 0 Å². The molecule has 0 saturated carbocycles. The second-order valence-electron chi connectivity index (χ2n) is 7.17. The lowest BCUT2D eigenvalue weighted by Gasteiger charge is -2.32. The van der Waals surface area contributed by atoms with Crippen LogP contribution in [-0.4, -0.2) is 39.9 Å². The molecule has 2 aromatic heterocycles. The van der Waals surface area contributed by atoms with Crippen LogP contribution >= 0.6 is 11.3 Å². The minimum atomic E-state index is 0.0598. The maximum atomic E-state index is 12.4. The van der Waals surface area contributed by atoms with E-state index in [1.54, 1.807) is 23.7 Å². The largest absolute Gasteiger partial charge is 0.353 e. The molecule has 3 aromatic rings. The number of carbonyl (C=O) groups excluding carboxylic acids is 1. The van der Waals surface area contributed by atoms with Gasteiger partial charge in [-0.3, -0.25) is 14.7 Å². The molecule has 0 unspecified atom stereocenters. The molecule has 1 N–H and O–H groups in total. The van der Waals surface area contributed by atoms with Crippen molar-refractivity contribution >= 4 is 17.2 Å². The highest BCUT2D eigenvalue weighted by Gasteiger charge is 2.21. The summed E-state index contributed by atoms with van der Waals surface area (Å²) in [6.45, 7) is 3.01. The van der Waals surface area contributed by atoms with Gasteiger partial charge in [0, 0.05) is 49.0 Å². The van der Waals surface area contributed by atoms with Gasteiger partial charge < -0.3 is 5.32 Å². The van der Waals surface area contributed by atoms with Crippen LogP contribution in [0.4, 0.5) is 0 Å². The molecule has 1 aromatic carbocycles. The number of hydrogen-bond donors (Lipinski definition) is 1. The van der Waals surface area contributed by atoms with Gasteiger partial charge in [0.2, 0.25) is 5.91 Å². The Balaban J connectivity index is 1.23. The van der Waals surface area contributed by atoms with Crippen LogP contribution in [0.25, 0.3) is 10.6 Å². The molecule has 1 aliphatic rings.